The molecule has 0 radical (unpaired) electrons. The first kappa shape index (κ1) is 24.0. The van der Waals surface area contributed by atoms with Gasteiger partial charge >= 0.3 is 5.97 Å². The molecule has 0 bridgehead atoms. The van der Waals surface area contributed by atoms with Crippen molar-refractivity contribution < 1.29 is 23.9 Å². The molecular weight excluding hydrogens is 422 g/mol. The van der Waals surface area contributed by atoms with Gasteiger partial charge in [0.05, 0.1) is 13.5 Å². The van der Waals surface area contributed by atoms with Crippen LogP contribution in [-0.2, 0) is 36.8 Å². The predicted octanol–water partition coefficient (Wildman–Crippen LogP) is 1.12. The molecule has 1 saturated heterocycles. The van der Waals surface area contributed by atoms with Gasteiger partial charge in [-0.25, -0.2) is 4.79 Å². The summed E-state index contributed by atoms with van der Waals surface area (Å²) < 4.78 is 4.86. The zero-order valence-corrected chi connectivity index (χ0v) is 19.0. The van der Waals surface area contributed by atoms with Crippen molar-refractivity contribution in [1.29, 1.82) is 0 Å². The highest BCUT2D eigenvalue weighted by Gasteiger charge is 2.35. The van der Waals surface area contributed by atoms with Gasteiger partial charge in [0, 0.05) is 12.8 Å². The molecule has 2 aromatic carbocycles. The first-order valence-corrected chi connectivity index (χ1v) is 10.9. The summed E-state index contributed by atoms with van der Waals surface area (Å²) in [6, 6.07) is 12.5. The number of aryl methyl sites for hydroxylation is 2. The highest BCUT2D eigenvalue weighted by Crippen LogP contribution is 2.16. The van der Waals surface area contributed by atoms with Crippen molar-refractivity contribution in [2.24, 2.45) is 0 Å². The van der Waals surface area contributed by atoms with Gasteiger partial charge in [0.2, 0.25) is 17.7 Å². The van der Waals surface area contributed by atoms with Gasteiger partial charge in [-0.2, -0.15) is 0 Å². The standard InChI is InChI=1S/C25H29N3O5/c1-15-8-7-9-16(2)18(15)13-21(25(32)33-3)26-22(29)14-20-24(31)27-19(23(30)28-20)12-17-10-5-4-6-11-17/h4-11,19-21H,12-14H2,1-3H3,(H,26,29)(H,27,31)(H,28,30)/t19-,20-,21-/m0/s1. The Balaban J connectivity index is 1.61. The normalized spacial score (nSPS) is 18.6. The second kappa shape index (κ2) is 10.8. The molecule has 0 saturated carbocycles. The van der Waals surface area contributed by atoms with Crippen molar-refractivity contribution in [1.82, 2.24) is 16.0 Å². The first-order chi connectivity index (χ1) is 15.8. The van der Waals surface area contributed by atoms with Crippen LogP contribution in [0.2, 0.25) is 0 Å². The van der Waals surface area contributed by atoms with E-state index in [0.29, 0.717) is 6.42 Å². The number of carbonyl (C=O) groups is 4. The number of rotatable bonds is 8. The molecule has 3 atom stereocenters. The second-order valence-corrected chi connectivity index (χ2v) is 8.23. The van der Waals surface area contributed by atoms with E-state index in [2.05, 4.69) is 16.0 Å². The fourth-order valence-corrected chi connectivity index (χ4v) is 3.96. The van der Waals surface area contributed by atoms with Crippen LogP contribution >= 0.6 is 0 Å². The minimum atomic E-state index is -1.01. The van der Waals surface area contributed by atoms with E-state index in [4.69, 9.17) is 4.74 Å². The third kappa shape index (κ3) is 6.19. The summed E-state index contributed by atoms with van der Waals surface area (Å²) in [5.74, 6) is -1.89. The summed E-state index contributed by atoms with van der Waals surface area (Å²) in [5, 5.41) is 7.97. The first-order valence-electron chi connectivity index (χ1n) is 10.9. The second-order valence-electron chi connectivity index (χ2n) is 8.23. The van der Waals surface area contributed by atoms with E-state index in [-0.39, 0.29) is 18.7 Å². The molecule has 0 aromatic heterocycles. The summed E-state index contributed by atoms with van der Waals surface area (Å²) in [5.41, 5.74) is 3.87. The maximum Gasteiger partial charge on any atom is 0.328 e. The molecule has 3 amide bonds. The van der Waals surface area contributed by atoms with Crippen molar-refractivity contribution >= 4 is 23.7 Å². The highest BCUT2D eigenvalue weighted by molar-refractivity contribution is 5.99. The maximum absolute atomic E-state index is 12.7. The van der Waals surface area contributed by atoms with Gasteiger partial charge in [-0.05, 0) is 36.1 Å². The fourth-order valence-electron chi connectivity index (χ4n) is 3.96. The molecule has 1 aliphatic rings. The van der Waals surface area contributed by atoms with Crippen LogP contribution in [0.4, 0.5) is 0 Å². The number of carbonyl (C=O) groups excluding carboxylic acids is 4. The molecule has 8 heteroatoms. The van der Waals surface area contributed by atoms with Gasteiger partial charge in [0.15, 0.2) is 0 Å². The van der Waals surface area contributed by atoms with Gasteiger partial charge in [-0.1, -0.05) is 48.5 Å². The SMILES string of the molecule is COC(=O)[C@H](Cc1c(C)cccc1C)NC(=O)C[C@@H]1NC(=O)[C@H](Cc2ccccc2)NC1=O. The number of amides is 3. The van der Waals surface area contributed by atoms with Gasteiger partial charge in [-0.3, -0.25) is 14.4 Å². The number of hydrogen-bond acceptors (Lipinski definition) is 5. The number of esters is 1. The molecule has 0 unspecified atom stereocenters. The summed E-state index contributed by atoms with van der Waals surface area (Å²) in [7, 11) is 1.26. The van der Waals surface area contributed by atoms with Gasteiger partial charge in [-0.15, -0.1) is 0 Å². The smallest absolute Gasteiger partial charge is 0.328 e. The van der Waals surface area contributed by atoms with E-state index in [1.165, 1.54) is 7.11 Å². The van der Waals surface area contributed by atoms with Gasteiger partial charge < -0.3 is 20.7 Å². The van der Waals surface area contributed by atoms with E-state index < -0.39 is 35.9 Å². The van der Waals surface area contributed by atoms with Crippen LogP contribution in [-0.4, -0.2) is 48.9 Å². The molecule has 2 aromatic rings. The van der Waals surface area contributed by atoms with E-state index in [9.17, 15) is 19.2 Å². The summed E-state index contributed by atoms with van der Waals surface area (Å²) >= 11 is 0. The van der Waals surface area contributed by atoms with Crippen LogP contribution < -0.4 is 16.0 Å². The van der Waals surface area contributed by atoms with E-state index in [1.54, 1.807) is 0 Å². The van der Waals surface area contributed by atoms with Crippen LogP contribution in [0.3, 0.4) is 0 Å². The Morgan fingerprint density at radius 2 is 1.55 bits per heavy atom. The summed E-state index contributed by atoms with van der Waals surface area (Å²) in [6.45, 7) is 3.87. The van der Waals surface area contributed by atoms with Crippen molar-refractivity contribution in [2.75, 3.05) is 7.11 Å². The number of ether oxygens (including phenoxy) is 1. The third-order valence-electron chi connectivity index (χ3n) is 5.81. The van der Waals surface area contributed by atoms with Gasteiger partial charge in [0.25, 0.3) is 0 Å². The molecule has 174 valence electrons. The average molecular weight is 452 g/mol. The molecule has 0 aliphatic carbocycles. The topological polar surface area (TPSA) is 114 Å². The number of methoxy groups -OCH3 is 1. The molecular formula is C25H29N3O5. The monoisotopic (exact) mass is 451 g/mol. The van der Waals surface area contributed by atoms with Crippen molar-refractivity contribution in [2.45, 2.75) is 51.2 Å². The molecule has 1 aliphatic heterocycles. The molecule has 1 heterocycles. The van der Waals surface area contributed by atoms with Crippen LogP contribution in [0.5, 0.6) is 0 Å². The lowest BCUT2D eigenvalue weighted by molar-refractivity contribution is -0.145. The van der Waals surface area contributed by atoms with E-state index in [0.717, 1.165) is 22.3 Å². The van der Waals surface area contributed by atoms with E-state index in [1.807, 2.05) is 62.4 Å². The van der Waals surface area contributed by atoms with Crippen molar-refractivity contribution in [3.63, 3.8) is 0 Å². The Morgan fingerprint density at radius 1 is 0.939 bits per heavy atom. The number of benzene rings is 2. The number of hydrogen-bond donors (Lipinski definition) is 3. The van der Waals surface area contributed by atoms with Crippen LogP contribution in [0.25, 0.3) is 0 Å². The zero-order valence-electron chi connectivity index (χ0n) is 19.0. The van der Waals surface area contributed by atoms with E-state index >= 15 is 0 Å². The van der Waals surface area contributed by atoms with Crippen LogP contribution in [0, 0.1) is 13.8 Å². The lowest BCUT2D eigenvalue weighted by Crippen LogP contribution is -2.63. The Labute approximate surface area is 193 Å². The minimum absolute atomic E-state index is 0.263. The number of piperazine rings is 1. The Bertz CT molecular complexity index is 1020. The van der Waals surface area contributed by atoms with Crippen LogP contribution in [0.15, 0.2) is 48.5 Å². The molecule has 1 fully saturated rings. The highest BCUT2D eigenvalue weighted by atomic mass is 16.5. The zero-order chi connectivity index (χ0) is 24.0. The fraction of sp³-hybridized carbons (Fsp3) is 0.360. The Kier molecular flexibility index (Phi) is 7.82. The van der Waals surface area contributed by atoms with Crippen molar-refractivity contribution in [3.05, 3.63) is 70.8 Å². The quantitative estimate of drug-likeness (QED) is 0.521. The van der Waals surface area contributed by atoms with Crippen molar-refractivity contribution in [3.8, 4) is 0 Å². The summed E-state index contributed by atoms with van der Waals surface area (Å²) in [4.78, 5) is 50.0. The lowest BCUT2D eigenvalue weighted by atomic mass is 9.96. The largest absolute Gasteiger partial charge is 0.467 e. The third-order valence-corrected chi connectivity index (χ3v) is 5.81. The predicted molar refractivity (Wildman–Crippen MR) is 122 cm³/mol. The number of nitrogens with one attached hydrogen (secondary N) is 3. The molecule has 0 spiro atoms. The van der Waals surface area contributed by atoms with Crippen LogP contribution in [0.1, 0.15) is 28.7 Å². The molecule has 8 nitrogen and oxygen atoms in total. The lowest BCUT2D eigenvalue weighted by Gasteiger charge is -2.29. The molecule has 3 rings (SSSR count). The summed E-state index contributed by atoms with van der Waals surface area (Å²) in [6.07, 6.45) is 0.340. The maximum atomic E-state index is 12.7. The Hall–Kier alpha value is -3.68. The average Bonchev–Trinajstić information content (AvgIpc) is 2.79. The minimum Gasteiger partial charge on any atom is -0.467 e. The van der Waals surface area contributed by atoms with Gasteiger partial charge in [0.1, 0.15) is 18.1 Å². The molecule has 3 N–H and O–H groups in total. The molecule has 33 heavy (non-hydrogen) atoms. The Morgan fingerprint density at radius 3 is 2.18 bits per heavy atom.